The maximum absolute atomic E-state index is 12.2. The lowest BCUT2D eigenvalue weighted by molar-refractivity contribution is 0.0951. The summed E-state index contributed by atoms with van der Waals surface area (Å²) in [4.78, 5) is 17.5. The summed E-state index contributed by atoms with van der Waals surface area (Å²) in [6.07, 6.45) is 0. The number of anilines is 1. The maximum atomic E-state index is 12.2. The van der Waals surface area contributed by atoms with Crippen LogP contribution >= 0.6 is 0 Å². The van der Waals surface area contributed by atoms with E-state index in [9.17, 15) is 4.79 Å². The number of nitrogens with zero attached hydrogens (tertiary/aromatic N) is 1. The zero-order valence-electron chi connectivity index (χ0n) is 13.7. The predicted octanol–water partition coefficient (Wildman–Crippen LogP) is 3.47. The van der Waals surface area contributed by atoms with Crippen molar-refractivity contribution in [1.82, 2.24) is 10.3 Å². The van der Waals surface area contributed by atoms with Gasteiger partial charge in [-0.05, 0) is 60.3 Å². The molecule has 0 spiro atoms. The fourth-order valence-electron chi connectivity index (χ4n) is 2.63. The molecule has 3 aromatic rings. The van der Waals surface area contributed by atoms with Gasteiger partial charge in [-0.25, -0.2) is 0 Å². The molecule has 1 amide bonds. The number of aryl methyl sites for hydroxylation is 1. The molecule has 1 heterocycles. The third-order valence-corrected chi connectivity index (χ3v) is 3.92. The van der Waals surface area contributed by atoms with Crippen LogP contribution in [0, 0.1) is 6.92 Å². The van der Waals surface area contributed by atoms with Crippen molar-refractivity contribution in [3.63, 3.8) is 0 Å². The van der Waals surface area contributed by atoms with Crippen LogP contribution in [-0.4, -0.2) is 25.0 Å². The highest BCUT2D eigenvalue weighted by Crippen LogP contribution is 2.17. The minimum absolute atomic E-state index is 0.0550. The summed E-state index contributed by atoms with van der Waals surface area (Å²) >= 11 is 0. The van der Waals surface area contributed by atoms with Gasteiger partial charge in [-0.15, -0.1) is 0 Å². The van der Waals surface area contributed by atoms with Crippen molar-refractivity contribution in [2.45, 2.75) is 13.5 Å². The molecule has 0 saturated heterocycles. The second-order valence-corrected chi connectivity index (χ2v) is 6.00. The molecule has 0 atom stereocenters. The van der Waals surface area contributed by atoms with Crippen molar-refractivity contribution in [2.75, 3.05) is 19.0 Å². The number of carbonyl (C=O) groups excluding carboxylic acids is 1. The highest BCUT2D eigenvalue weighted by Gasteiger charge is 2.06. The largest absolute Gasteiger partial charge is 0.378 e. The summed E-state index contributed by atoms with van der Waals surface area (Å²) in [5, 5.41) is 4.14. The molecule has 2 aromatic carbocycles. The minimum Gasteiger partial charge on any atom is -0.378 e. The molecule has 0 fully saturated rings. The molecule has 0 bridgehead atoms. The molecule has 2 N–H and O–H groups in total. The maximum Gasteiger partial charge on any atom is 0.251 e. The van der Waals surface area contributed by atoms with Crippen LogP contribution in [-0.2, 0) is 6.54 Å². The summed E-state index contributed by atoms with van der Waals surface area (Å²) in [5.41, 5.74) is 5.11. The van der Waals surface area contributed by atoms with Crippen molar-refractivity contribution in [3.8, 4) is 0 Å². The van der Waals surface area contributed by atoms with E-state index >= 15 is 0 Å². The quantitative estimate of drug-likeness (QED) is 0.775. The monoisotopic (exact) mass is 307 g/mol. The smallest absolute Gasteiger partial charge is 0.251 e. The van der Waals surface area contributed by atoms with E-state index in [0.717, 1.165) is 22.5 Å². The Morgan fingerprint density at radius 3 is 2.52 bits per heavy atom. The summed E-state index contributed by atoms with van der Waals surface area (Å²) in [5.74, 6) is -0.0550. The van der Waals surface area contributed by atoms with E-state index in [1.165, 1.54) is 5.39 Å². The number of H-pyrrole nitrogens is 1. The highest BCUT2D eigenvalue weighted by molar-refractivity contribution is 5.94. The topological polar surface area (TPSA) is 48.1 Å². The van der Waals surface area contributed by atoms with Crippen LogP contribution in [0.4, 0.5) is 5.69 Å². The summed E-state index contributed by atoms with van der Waals surface area (Å²) in [6.45, 7) is 2.56. The van der Waals surface area contributed by atoms with Crippen LogP contribution in [0.3, 0.4) is 0 Å². The third kappa shape index (κ3) is 3.37. The highest BCUT2D eigenvalue weighted by atomic mass is 16.1. The first-order valence-electron chi connectivity index (χ1n) is 7.67. The normalized spacial score (nSPS) is 10.7. The zero-order valence-corrected chi connectivity index (χ0v) is 13.7. The second kappa shape index (κ2) is 6.16. The molecule has 3 rings (SSSR count). The number of benzene rings is 2. The Morgan fingerprint density at radius 2 is 1.83 bits per heavy atom. The van der Waals surface area contributed by atoms with Gasteiger partial charge in [-0.1, -0.05) is 6.07 Å². The van der Waals surface area contributed by atoms with Gasteiger partial charge in [0, 0.05) is 43.1 Å². The molecule has 1 aromatic heterocycles. The lowest BCUT2D eigenvalue weighted by Gasteiger charge is -2.12. The Bertz CT molecular complexity index is 831. The molecule has 118 valence electrons. The Morgan fingerprint density at radius 1 is 1.09 bits per heavy atom. The summed E-state index contributed by atoms with van der Waals surface area (Å²) < 4.78 is 0. The summed E-state index contributed by atoms with van der Waals surface area (Å²) in [6, 6.07) is 15.9. The van der Waals surface area contributed by atoms with Crippen molar-refractivity contribution in [1.29, 1.82) is 0 Å². The van der Waals surface area contributed by atoms with E-state index in [1.807, 2.05) is 56.3 Å². The number of fused-ring (bicyclic) bond motifs is 1. The lowest BCUT2D eigenvalue weighted by atomic mass is 10.1. The Hall–Kier alpha value is -2.75. The molecule has 0 aliphatic carbocycles. The van der Waals surface area contributed by atoms with E-state index in [4.69, 9.17) is 0 Å². The molecule has 0 unspecified atom stereocenters. The molecule has 0 radical (unpaired) electrons. The molecule has 0 aliphatic heterocycles. The fourth-order valence-corrected chi connectivity index (χ4v) is 2.63. The average Bonchev–Trinajstić information content (AvgIpc) is 2.92. The van der Waals surface area contributed by atoms with Crippen LogP contribution in [0.25, 0.3) is 10.9 Å². The van der Waals surface area contributed by atoms with E-state index in [-0.39, 0.29) is 5.91 Å². The number of hydrogen-bond donors (Lipinski definition) is 2. The molecule has 4 heteroatoms. The molecular formula is C19H21N3O. The number of aromatic nitrogens is 1. The zero-order chi connectivity index (χ0) is 16.4. The molecular weight excluding hydrogens is 286 g/mol. The predicted molar refractivity (Wildman–Crippen MR) is 95.0 cm³/mol. The lowest BCUT2D eigenvalue weighted by Crippen LogP contribution is -2.22. The van der Waals surface area contributed by atoms with E-state index in [0.29, 0.717) is 12.1 Å². The van der Waals surface area contributed by atoms with Crippen molar-refractivity contribution < 1.29 is 4.79 Å². The van der Waals surface area contributed by atoms with Gasteiger partial charge in [0.25, 0.3) is 5.91 Å². The van der Waals surface area contributed by atoms with Crippen LogP contribution < -0.4 is 10.2 Å². The first kappa shape index (κ1) is 15.2. The SMILES string of the molecule is Cc1cc2cc(CNC(=O)c3ccc(N(C)C)cc3)ccc2[nH]1. The third-order valence-electron chi connectivity index (χ3n) is 3.92. The Kier molecular flexibility index (Phi) is 4.06. The van der Waals surface area contributed by atoms with Crippen LogP contribution in [0.1, 0.15) is 21.6 Å². The van der Waals surface area contributed by atoms with Crippen LogP contribution in [0.5, 0.6) is 0 Å². The van der Waals surface area contributed by atoms with E-state index in [2.05, 4.69) is 28.5 Å². The first-order valence-corrected chi connectivity index (χ1v) is 7.67. The molecule has 0 saturated carbocycles. The Balaban J connectivity index is 1.67. The van der Waals surface area contributed by atoms with Crippen molar-refractivity contribution in [2.24, 2.45) is 0 Å². The average molecular weight is 307 g/mol. The molecule has 0 aliphatic rings. The van der Waals surface area contributed by atoms with Crippen molar-refractivity contribution >= 4 is 22.5 Å². The van der Waals surface area contributed by atoms with Gasteiger partial charge in [0.15, 0.2) is 0 Å². The van der Waals surface area contributed by atoms with Gasteiger partial charge in [-0.2, -0.15) is 0 Å². The summed E-state index contributed by atoms with van der Waals surface area (Å²) in [7, 11) is 3.96. The van der Waals surface area contributed by atoms with Crippen molar-refractivity contribution in [3.05, 3.63) is 65.4 Å². The van der Waals surface area contributed by atoms with Gasteiger partial charge in [-0.3, -0.25) is 4.79 Å². The first-order chi connectivity index (χ1) is 11.0. The number of hydrogen-bond acceptors (Lipinski definition) is 2. The second-order valence-electron chi connectivity index (χ2n) is 6.00. The van der Waals surface area contributed by atoms with E-state index < -0.39 is 0 Å². The van der Waals surface area contributed by atoms with Gasteiger partial charge in [0.1, 0.15) is 0 Å². The number of amides is 1. The van der Waals surface area contributed by atoms with Crippen LogP contribution in [0.2, 0.25) is 0 Å². The molecule has 4 nitrogen and oxygen atoms in total. The fraction of sp³-hybridized carbons (Fsp3) is 0.211. The van der Waals surface area contributed by atoms with Gasteiger partial charge < -0.3 is 15.2 Å². The van der Waals surface area contributed by atoms with Gasteiger partial charge >= 0.3 is 0 Å². The number of rotatable bonds is 4. The standard InChI is InChI=1S/C19H21N3O/c1-13-10-16-11-14(4-9-18(16)21-13)12-20-19(23)15-5-7-17(8-6-15)22(2)3/h4-11,21H,12H2,1-3H3,(H,20,23). The van der Waals surface area contributed by atoms with Gasteiger partial charge in [0.2, 0.25) is 0 Å². The van der Waals surface area contributed by atoms with Crippen LogP contribution in [0.15, 0.2) is 48.5 Å². The number of nitrogens with one attached hydrogen (secondary N) is 2. The minimum atomic E-state index is -0.0550. The number of aromatic amines is 1. The Labute approximate surface area is 136 Å². The van der Waals surface area contributed by atoms with E-state index in [1.54, 1.807) is 0 Å². The van der Waals surface area contributed by atoms with Gasteiger partial charge in [0.05, 0.1) is 0 Å². The molecule has 23 heavy (non-hydrogen) atoms. The number of carbonyl (C=O) groups is 1.